The molecule has 0 aliphatic heterocycles. The molecule has 0 aliphatic carbocycles. The molecule has 0 fully saturated rings. The number of nitrogens with one attached hydrogen (secondary N) is 1. The van der Waals surface area contributed by atoms with E-state index in [-0.39, 0.29) is 25.5 Å². The topological polar surface area (TPSA) is 75.7 Å². The number of hydrogen-bond donors (Lipinski definition) is 1. The van der Waals surface area contributed by atoms with Gasteiger partial charge in [-0.1, -0.05) is 24.3 Å². The Morgan fingerprint density at radius 3 is 2.64 bits per heavy atom. The van der Waals surface area contributed by atoms with Gasteiger partial charge in [-0.15, -0.1) is 11.3 Å². The molecule has 136 valence electrons. The fourth-order valence-corrected chi connectivity index (χ4v) is 3.84. The van der Waals surface area contributed by atoms with Crippen molar-refractivity contribution in [3.05, 3.63) is 52.2 Å². The van der Waals surface area contributed by atoms with Crippen molar-refractivity contribution in [2.75, 3.05) is 26.5 Å². The lowest BCUT2D eigenvalue weighted by atomic mass is 10.2. The highest BCUT2D eigenvalue weighted by Gasteiger charge is 2.18. The molecule has 1 aromatic heterocycles. The maximum Gasteiger partial charge on any atom is 0.225 e. The second-order valence-corrected chi connectivity index (χ2v) is 8.53. The van der Waals surface area contributed by atoms with Gasteiger partial charge in [0.15, 0.2) is 0 Å². The van der Waals surface area contributed by atoms with Crippen molar-refractivity contribution in [1.29, 1.82) is 0 Å². The molecule has 2 aromatic rings. The second-order valence-electron chi connectivity index (χ2n) is 5.51. The van der Waals surface area contributed by atoms with Crippen LogP contribution in [0.4, 0.5) is 0 Å². The summed E-state index contributed by atoms with van der Waals surface area (Å²) in [6, 6.07) is 11.1. The second kappa shape index (κ2) is 8.98. The summed E-state index contributed by atoms with van der Waals surface area (Å²) in [6.07, 6.45) is 1.47. The fourth-order valence-electron chi connectivity index (χ4n) is 2.34. The first-order chi connectivity index (χ1) is 11.9. The molecule has 1 heterocycles. The maximum absolute atomic E-state index is 12.0. The highest BCUT2D eigenvalue weighted by Crippen LogP contribution is 2.20. The number of hydrogen-bond acceptors (Lipinski definition) is 5. The summed E-state index contributed by atoms with van der Waals surface area (Å²) >= 11 is 1.52. The molecule has 1 N–H and O–H groups in total. The van der Waals surface area contributed by atoms with Crippen molar-refractivity contribution in [3.63, 3.8) is 0 Å². The van der Waals surface area contributed by atoms with E-state index in [1.165, 1.54) is 15.6 Å². The zero-order chi connectivity index (χ0) is 18.3. The van der Waals surface area contributed by atoms with E-state index in [2.05, 4.69) is 5.32 Å². The normalized spacial score (nSPS) is 11.5. The number of nitrogens with zero attached hydrogens (tertiary/aromatic N) is 1. The van der Waals surface area contributed by atoms with Crippen LogP contribution in [0.1, 0.15) is 10.4 Å². The van der Waals surface area contributed by atoms with E-state index in [1.807, 2.05) is 35.7 Å². The zero-order valence-electron chi connectivity index (χ0n) is 14.3. The first-order valence-electron chi connectivity index (χ1n) is 7.76. The van der Waals surface area contributed by atoms with E-state index in [9.17, 15) is 13.2 Å². The largest absolute Gasteiger partial charge is 0.496 e. The van der Waals surface area contributed by atoms with Crippen molar-refractivity contribution >= 4 is 27.3 Å². The molecular formula is C17H22N2O4S2. The molecule has 0 spiro atoms. The van der Waals surface area contributed by atoms with Crippen molar-refractivity contribution in [2.24, 2.45) is 0 Å². The van der Waals surface area contributed by atoms with E-state index in [4.69, 9.17) is 4.74 Å². The molecule has 25 heavy (non-hydrogen) atoms. The van der Waals surface area contributed by atoms with Crippen LogP contribution in [-0.4, -0.2) is 45.1 Å². The molecule has 1 aromatic carbocycles. The summed E-state index contributed by atoms with van der Waals surface area (Å²) in [6.45, 7) is 0.656. The lowest BCUT2D eigenvalue weighted by Crippen LogP contribution is -2.38. The van der Waals surface area contributed by atoms with Crippen LogP contribution in [0.25, 0.3) is 0 Å². The van der Waals surface area contributed by atoms with E-state index in [0.717, 1.165) is 16.7 Å². The molecule has 0 atom stereocenters. The summed E-state index contributed by atoms with van der Waals surface area (Å²) in [5, 5.41) is 4.69. The Morgan fingerprint density at radius 2 is 2.00 bits per heavy atom. The van der Waals surface area contributed by atoms with Crippen LogP contribution < -0.4 is 10.1 Å². The third kappa shape index (κ3) is 6.15. The summed E-state index contributed by atoms with van der Waals surface area (Å²) in [7, 11) is -1.86. The number of benzene rings is 1. The third-order valence-electron chi connectivity index (χ3n) is 3.61. The molecule has 6 nitrogen and oxygen atoms in total. The Morgan fingerprint density at radius 1 is 1.24 bits per heavy atom. The van der Waals surface area contributed by atoms with Crippen molar-refractivity contribution in [3.8, 4) is 5.75 Å². The summed E-state index contributed by atoms with van der Waals surface area (Å²) in [5.74, 6) is 0.520. The molecule has 0 radical (unpaired) electrons. The van der Waals surface area contributed by atoms with Crippen LogP contribution in [-0.2, 0) is 27.8 Å². The standard InChI is InChI=1S/C17H22N2O4S2/c1-23-16-8-4-3-6-14(16)13-19(25(2,21)22)10-9-18-17(20)12-15-7-5-11-24-15/h3-8,11H,9-10,12-13H2,1-2H3,(H,18,20). The Labute approximate surface area is 152 Å². The number of amides is 1. The van der Waals surface area contributed by atoms with Gasteiger partial charge < -0.3 is 10.1 Å². The van der Waals surface area contributed by atoms with E-state index < -0.39 is 10.0 Å². The number of sulfonamides is 1. The minimum absolute atomic E-state index is 0.117. The van der Waals surface area contributed by atoms with Gasteiger partial charge >= 0.3 is 0 Å². The molecule has 8 heteroatoms. The van der Waals surface area contributed by atoms with Gasteiger partial charge in [-0.2, -0.15) is 4.31 Å². The zero-order valence-corrected chi connectivity index (χ0v) is 15.9. The van der Waals surface area contributed by atoms with Gasteiger partial charge in [0.2, 0.25) is 15.9 Å². The van der Waals surface area contributed by atoms with Crippen LogP contribution in [0.2, 0.25) is 0 Å². The SMILES string of the molecule is COc1ccccc1CN(CCNC(=O)Cc1cccs1)S(C)(=O)=O. The van der Waals surface area contributed by atoms with Gasteiger partial charge in [0.05, 0.1) is 19.8 Å². The lowest BCUT2D eigenvalue weighted by Gasteiger charge is -2.21. The van der Waals surface area contributed by atoms with Crippen LogP contribution in [0.3, 0.4) is 0 Å². The van der Waals surface area contributed by atoms with Crippen molar-refractivity contribution < 1.29 is 17.9 Å². The third-order valence-corrected chi connectivity index (χ3v) is 5.73. The quantitative estimate of drug-likeness (QED) is 0.718. The summed E-state index contributed by atoms with van der Waals surface area (Å²) in [4.78, 5) is 12.9. The summed E-state index contributed by atoms with van der Waals surface area (Å²) < 4.78 is 30.7. The molecule has 2 rings (SSSR count). The Kier molecular flexibility index (Phi) is 6.98. The molecule has 0 bridgehead atoms. The average molecular weight is 383 g/mol. The van der Waals surface area contributed by atoms with E-state index in [1.54, 1.807) is 13.2 Å². The van der Waals surface area contributed by atoms with Gasteiger partial charge in [-0.3, -0.25) is 4.79 Å². The monoisotopic (exact) mass is 382 g/mol. The van der Waals surface area contributed by atoms with Crippen LogP contribution >= 0.6 is 11.3 Å². The molecule has 0 aliphatic rings. The maximum atomic E-state index is 12.0. The van der Waals surface area contributed by atoms with E-state index >= 15 is 0 Å². The lowest BCUT2D eigenvalue weighted by molar-refractivity contribution is -0.120. The number of thiophene rings is 1. The first kappa shape index (κ1) is 19.4. The minimum atomic E-state index is -3.41. The molecule has 1 amide bonds. The summed E-state index contributed by atoms with van der Waals surface area (Å²) in [5.41, 5.74) is 0.778. The van der Waals surface area contributed by atoms with Gasteiger partial charge in [-0.05, 0) is 17.5 Å². The van der Waals surface area contributed by atoms with Crippen LogP contribution in [0.5, 0.6) is 5.75 Å². The van der Waals surface area contributed by atoms with Crippen molar-refractivity contribution in [1.82, 2.24) is 9.62 Å². The number of para-hydroxylation sites is 1. The smallest absolute Gasteiger partial charge is 0.225 e. The van der Waals surface area contributed by atoms with Gasteiger partial charge in [0.1, 0.15) is 5.75 Å². The Hall–Kier alpha value is -1.90. The Balaban J connectivity index is 1.93. The predicted octanol–water partition coefficient (Wildman–Crippen LogP) is 1.88. The highest BCUT2D eigenvalue weighted by molar-refractivity contribution is 7.88. The fraction of sp³-hybridized carbons (Fsp3) is 0.353. The number of carbonyl (C=O) groups is 1. The van der Waals surface area contributed by atoms with E-state index in [0.29, 0.717) is 12.2 Å². The first-order valence-corrected chi connectivity index (χ1v) is 10.5. The predicted molar refractivity (Wildman–Crippen MR) is 99.3 cm³/mol. The van der Waals surface area contributed by atoms with Crippen LogP contribution in [0.15, 0.2) is 41.8 Å². The molecular weight excluding hydrogens is 360 g/mol. The number of rotatable bonds is 9. The van der Waals surface area contributed by atoms with Gasteiger partial charge in [0.25, 0.3) is 0 Å². The average Bonchev–Trinajstić information content (AvgIpc) is 3.06. The minimum Gasteiger partial charge on any atom is -0.496 e. The van der Waals surface area contributed by atoms with Crippen molar-refractivity contribution in [2.45, 2.75) is 13.0 Å². The number of methoxy groups -OCH3 is 1. The van der Waals surface area contributed by atoms with Gasteiger partial charge in [-0.25, -0.2) is 8.42 Å². The Bertz CT molecular complexity index is 789. The number of carbonyl (C=O) groups excluding carboxylic acids is 1. The highest BCUT2D eigenvalue weighted by atomic mass is 32.2. The molecule has 0 unspecified atom stereocenters. The van der Waals surface area contributed by atoms with Gasteiger partial charge in [0, 0.05) is 30.1 Å². The van der Waals surface area contributed by atoms with Crippen LogP contribution in [0, 0.1) is 0 Å². The molecule has 0 saturated carbocycles. The molecule has 0 saturated heterocycles. The number of ether oxygens (including phenoxy) is 1.